The molecule has 94 valence electrons. The number of hydrogen-bond donors (Lipinski definition) is 0. The van der Waals surface area contributed by atoms with E-state index in [-0.39, 0.29) is 5.78 Å². The largest absolute Gasteiger partial charge is 0.289 e. The summed E-state index contributed by atoms with van der Waals surface area (Å²) in [5.41, 5.74) is 5.29. The molecule has 19 heavy (non-hydrogen) atoms. The van der Waals surface area contributed by atoms with Crippen LogP contribution in [-0.2, 0) is 0 Å². The van der Waals surface area contributed by atoms with E-state index in [9.17, 15) is 4.79 Å². The molecule has 0 unspecified atom stereocenters. The van der Waals surface area contributed by atoms with Gasteiger partial charge in [-0.3, -0.25) is 4.79 Å². The van der Waals surface area contributed by atoms with Crippen LogP contribution in [0.2, 0.25) is 6.82 Å². The van der Waals surface area contributed by atoms with Gasteiger partial charge in [0.1, 0.15) is 0 Å². The summed E-state index contributed by atoms with van der Waals surface area (Å²) in [5, 5.41) is 0. The molecule has 2 rings (SSSR count). The number of benzene rings is 2. The normalized spacial score (nSPS) is 10.0. The highest BCUT2D eigenvalue weighted by molar-refractivity contribution is 6.52. The number of aryl methyl sites for hydroxylation is 1. The maximum Gasteiger partial charge on any atom is 0.185 e. The Labute approximate surface area is 115 Å². The minimum absolute atomic E-state index is 0.0306. The van der Waals surface area contributed by atoms with Gasteiger partial charge in [-0.05, 0) is 29.7 Å². The Morgan fingerprint density at radius 3 is 2.58 bits per heavy atom. The Morgan fingerprint density at radius 1 is 1.16 bits per heavy atom. The minimum atomic E-state index is -0.0306. The van der Waals surface area contributed by atoms with Crippen molar-refractivity contribution in [2.24, 2.45) is 0 Å². The molecule has 0 N–H and O–H groups in total. The van der Waals surface area contributed by atoms with Crippen LogP contribution in [0, 0.1) is 6.92 Å². The van der Waals surface area contributed by atoms with Gasteiger partial charge in [-0.1, -0.05) is 61.3 Å². The van der Waals surface area contributed by atoms with Crippen LogP contribution in [0.4, 0.5) is 0 Å². The van der Waals surface area contributed by atoms with Gasteiger partial charge in [-0.25, -0.2) is 0 Å². The van der Waals surface area contributed by atoms with Crippen molar-refractivity contribution < 1.29 is 4.79 Å². The zero-order chi connectivity index (χ0) is 13.8. The summed E-state index contributed by atoms with van der Waals surface area (Å²) >= 11 is 0. The highest BCUT2D eigenvalue weighted by Crippen LogP contribution is 2.26. The van der Waals surface area contributed by atoms with E-state index in [1.165, 1.54) is 17.1 Å². The monoisotopic (exact) mass is 248 g/mol. The molecule has 0 aromatic heterocycles. The molecule has 2 heteroatoms. The van der Waals surface area contributed by atoms with Crippen LogP contribution in [0.3, 0.4) is 0 Å². The highest BCUT2D eigenvalue weighted by Gasteiger charge is 2.11. The quantitative estimate of drug-likeness (QED) is 0.461. The van der Waals surface area contributed by atoms with E-state index in [4.69, 9.17) is 0 Å². The zero-order valence-corrected chi connectivity index (χ0v) is 11.4. The van der Waals surface area contributed by atoms with E-state index in [2.05, 4.69) is 38.5 Å². The van der Waals surface area contributed by atoms with Gasteiger partial charge in [-0.15, -0.1) is 0 Å². The number of carbonyl (C=O) groups excluding carboxylic acids is 1. The molecule has 0 aliphatic rings. The van der Waals surface area contributed by atoms with Gasteiger partial charge in [0.15, 0.2) is 13.1 Å². The van der Waals surface area contributed by atoms with Gasteiger partial charge in [0.25, 0.3) is 0 Å². The number of hydrogen-bond acceptors (Lipinski definition) is 1. The fraction of sp³-hybridized carbons (Fsp3) is 0.118. The van der Waals surface area contributed by atoms with Crippen LogP contribution in [-0.4, -0.2) is 13.1 Å². The molecule has 1 nitrogen and oxygen atoms in total. The van der Waals surface area contributed by atoms with E-state index >= 15 is 0 Å². The molecule has 0 fully saturated rings. The Kier molecular flexibility index (Phi) is 4.01. The summed E-state index contributed by atoms with van der Waals surface area (Å²) in [6.45, 7) is 7.79. The van der Waals surface area contributed by atoms with E-state index in [0.717, 1.165) is 18.4 Å². The number of allylic oxidation sites excluding steroid dienone is 1. The molecular weight excluding hydrogens is 231 g/mol. The Balaban J connectivity index is 2.65. The van der Waals surface area contributed by atoms with Crippen molar-refractivity contribution in [2.75, 3.05) is 0 Å². The van der Waals surface area contributed by atoms with Crippen molar-refractivity contribution in [1.82, 2.24) is 0 Å². The molecule has 0 heterocycles. The summed E-state index contributed by atoms with van der Waals surface area (Å²) < 4.78 is 0. The lowest BCUT2D eigenvalue weighted by Gasteiger charge is -2.11. The second-order valence-corrected chi connectivity index (χ2v) is 4.62. The summed E-state index contributed by atoms with van der Waals surface area (Å²) in [5.74, 6) is -0.0306. The molecule has 0 amide bonds. The van der Waals surface area contributed by atoms with Crippen LogP contribution in [0.15, 0.2) is 55.1 Å². The van der Waals surface area contributed by atoms with Crippen LogP contribution in [0.1, 0.15) is 15.9 Å². The maximum absolute atomic E-state index is 12.0. The van der Waals surface area contributed by atoms with Crippen LogP contribution in [0.5, 0.6) is 0 Å². The fourth-order valence-corrected chi connectivity index (χ4v) is 2.22. The number of ketones is 1. The second kappa shape index (κ2) is 5.70. The van der Waals surface area contributed by atoms with Gasteiger partial charge in [0, 0.05) is 5.56 Å². The molecule has 0 aliphatic carbocycles. The lowest BCUT2D eigenvalue weighted by Crippen LogP contribution is -2.11. The van der Waals surface area contributed by atoms with Gasteiger partial charge in [-0.2, -0.15) is 0 Å². The summed E-state index contributed by atoms with van der Waals surface area (Å²) in [4.78, 5) is 12.0. The number of carbonyl (C=O) groups is 1. The molecule has 0 saturated carbocycles. The minimum Gasteiger partial charge on any atom is -0.289 e. The van der Waals surface area contributed by atoms with Crippen molar-refractivity contribution in [3.05, 3.63) is 66.2 Å². The summed E-state index contributed by atoms with van der Waals surface area (Å²) in [7, 11) is 0.991. The molecule has 0 saturated heterocycles. The molecule has 2 aromatic rings. The molecule has 0 spiro atoms. The molecule has 0 aliphatic heterocycles. The fourth-order valence-electron chi connectivity index (χ4n) is 2.22. The van der Waals surface area contributed by atoms with Gasteiger partial charge >= 0.3 is 0 Å². The molecular formula is C17H17BO. The van der Waals surface area contributed by atoms with Gasteiger partial charge in [0.05, 0.1) is 0 Å². The smallest absolute Gasteiger partial charge is 0.185 e. The van der Waals surface area contributed by atoms with Crippen molar-refractivity contribution in [2.45, 2.75) is 13.7 Å². The predicted octanol–water partition coefficient (Wildman–Crippen LogP) is 3.14. The van der Waals surface area contributed by atoms with Crippen LogP contribution >= 0.6 is 0 Å². The third-order valence-corrected chi connectivity index (χ3v) is 3.38. The third-order valence-electron chi connectivity index (χ3n) is 3.38. The Bertz CT molecular complexity index is 629. The summed E-state index contributed by atoms with van der Waals surface area (Å²) in [6, 6.07) is 14.1. The maximum atomic E-state index is 12.0. The molecule has 0 atom stereocenters. The Morgan fingerprint density at radius 2 is 1.89 bits per heavy atom. The van der Waals surface area contributed by atoms with E-state index in [0.29, 0.717) is 5.56 Å². The van der Waals surface area contributed by atoms with Crippen LogP contribution < -0.4 is 5.46 Å². The second-order valence-electron chi connectivity index (χ2n) is 4.62. The summed E-state index contributed by atoms with van der Waals surface area (Å²) in [6.07, 6.45) is 1.37. The van der Waals surface area contributed by atoms with E-state index < -0.39 is 0 Å². The van der Waals surface area contributed by atoms with Crippen LogP contribution in [0.25, 0.3) is 11.1 Å². The van der Waals surface area contributed by atoms with Crippen molar-refractivity contribution >= 4 is 18.5 Å². The van der Waals surface area contributed by atoms with Crippen molar-refractivity contribution in [3.8, 4) is 11.1 Å². The number of rotatable bonds is 4. The molecule has 0 bridgehead atoms. The zero-order valence-electron chi connectivity index (χ0n) is 11.4. The highest BCUT2D eigenvalue weighted by atomic mass is 16.1. The lowest BCUT2D eigenvalue weighted by molar-refractivity contribution is 0.104. The SMILES string of the molecule is C=CC(=O)c1ccccc1-c1cc(BC)ccc1C. The van der Waals surface area contributed by atoms with E-state index in [1.807, 2.05) is 24.3 Å². The van der Waals surface area contributed by atoms with E-state index in [1.54, 1.807) is 0 Å². The first kappa shape index (κ1) is 13.3. The Hall–Kier alpha value is -2.09. The van der Waals surface area contributed by atoms with Gasteiger partial charge < -0.3 is 0 Å². The predicted molar refractivity (Wildman–Crippen MR) is 83.8 cm³/mol. The molecule has 2 aromatic carbocycles. The lowest BCUT2D eigenvalue weighted by atomic mass is 9.72. The van der Waals surface area contributed by atoms with Crippen molar-refractivity contribution in [3.63, 3.8) is 0 Å². The average Bonchev–Trinajstić information content (AvgIpc) is 2.47. The van der Waals surface area contributed by atoms with Crippen molar-refractivity contribution in [1.29, 1.82) is 0 Å². The third kappa shape index (κ3) is 2.68. The topological polar surface area (TPSA) is 17.1 Å². The first-order valence-corrected chi connectivity index (χ1v) is 6.53. The van der Waals surface area contributed by atoms with Gasteiger partial charge in [0.2, 0.25) is 0 Å². The standard InChI is InChI=1S/C17H17BO/c1-4-17(19)15-8-6-5-7-14(15)16-11-13(18-3)10-9-12(16)2/h4-11,18H,1H2,2-3H3. The first-order valence-electron chi connectivity index (χ1n) is 6.53. The average molecular weight is 248 g/mol. The first-order chi connectivity index (χ1) is 9.17. The molecule has 0 radical (unpaired) electrons.